The number of allylic oxidation sites excluding steroid dienone is 2. The molecule has 1 aliphatic carbocycles. The molecule has 4 rings (SSSR count). The summed E-state index contributed by atoms with van der Waals surface area (Å²) in [5, 5.41) is 1.64. The fraction of sp³-hybridized carbons (Fsp3) is 0.143. The van der Waals surface area contributed by atoms with E-state index in [1.54, 1.807) is 6.92 Å². The minimum atomic E-state index is -0.845. The fourth-order valence-electron chi connectivity index (χ4n) is 3.08. The van der Waals surface area contributed by atoms with Crippen molar-refractivity contribution < 1.29 is 14.3 Å². The molecule has 1 unspecified atom stereocenters. The summed E-state index contributed by atoms with van der Waals surface area (Å²) in [4.78, 5) is 33.6. The van der Waals surface area contributed by atoms with Gasteiger partial charge >= 0.3 is 0 Å². The molecular weight excluding hydrogens is 408 g/mol. The highest BCUT2D eigenvalue weighted by Gasteiger charge is 2.35. The summed E-state index contributed by atoms with van der Waals surface area (Å²) in [5.74, 6) is -0.587. The number of aliphatic imine (C=N–C) groups is 1. The van der Waals surface area contributed by atoms with Crippen molar-refractivity contribution in [2.24, 2.45) is 4.99 Å². The number of pyridine rings is 1. The van der Waals surface area contributed by atoms with Gasteiger partial charge in [-0.2, -0.15) is 0 Å². The lowest BCUT2D eigenvalue weighted by Gasteiger charge is -2.18. The van der Waals surface area contributed by atoms with Crippen molar-refractivity contribution in [2.45, 2.75) is 11.8 Å². The molecule has 0 saturated carbocycles. The lowest BCUT2D eigenvalue weighted by Crippen LogP contribution is -2.36. The molecular formula is C21H15BrN2O3. The molecule has 2 aromatic carbocycles. The first-order chi connectivity index (χ1) is 13.1. The third-order valence-corrected chi connectivity index (χ3v) is 5.17. The number of para-hydroxylation sites is 2. The summed E-state index contributed by atoms with van der Waals surface area (Å²) < 4.78 is 5.27. The molecule has 0 N–H and O–H groups in total. The second kappa shape index (κ2) is 7.04. The monoisotopic (exact) mass is 422 g/mol. The number of hydrogen-bond acceptors (Lipinski definition) is 5. The molecule has 6 heteroatoms. The number of carbonyl (C=O) groups is 2. The minimum absolute atomic E-state index is 0.0627. The van der Waals surface area contributed by atoms with Crippen LogP contribution in [-0.2, 0) is 14.3 Å². The van der Waals surface area contributed by atoms with Gasteiger partial charge in [0, 0.05) is 16.8 Å². The van der Waals surface area contributed by atoms with Gasteiger partial charge in [-0.25, -0.2) is 9.98 Å². The topological polar surface area (TPSA) is 68.6 Å². The second-order valence-corrected chi connectivity index (χ2v) is 6.94. The van der Waals surface area contributed by atoms with Gasteiger partial charge in [-0.15, -0.1) is 0 Å². The quantitative estimate of drug-likeness (QED) is 0.466. The molecule has 0 radical (unpaired) electrons. The van der Waals surface area contributed by atoms with Crippen LogP contribution in [0.5, 0.6) is 0 Å². The highest BCUT2D eigenvalue weighted by molar-refractivity contribution is 9.10. The number of rotatable bonds is 3. The standard InChI is InChI=1S/C21H15BrN2O3/c1-2-27-17-11-16(25)20(18(22)21(17)26)24-19-12-7-3-5-9-14(12)23-15-10-6-4-8-13(15)19/h3-11,18H,2H2,1H3. The number of Topliss-reactive ketones (excluding diaryl/α,β-unsaturated/α-hetero) is 1. The smallest absolute Gasteiger partial charge is 0.217 e. The van der Waals surface area contributed by atoms with E-state index in [1.165, 1.54) is 6.08 Å². The van der Waals surface area contributed by atoms with E-state index < -0.39 is 4.83 Å². The molecule has 0 aliphatic heterocycles. The van der Waals surface area contributed by atoms with Gasteiger partial charge in [0.25, 0.3) is 0 Å². The number of benzene rings is 2. The van der Waals surface area contributed by atoms with Crippen molar-refractivity contribution in [2.75, 3.05) is 6.61 Å². The summed E-state index contributed by atoms with van der Waals surface area (Å²) in [6.45, 7) is 2.08. The third-order valence-electron chi connectivity index (χ3n) is 4.32. The molecule has 0 bridgehead atoms. The van der Waals surface area contributed by atoms with Gasteiger partial charge in [0.15, 0.2) is 5.76 Å². The van der Waals surface area contributed by atoms with Crippen molar-refractivity contribution in [3.8, 4) is 0 Å². The summed E-state index contributed by atoms with van der Waals surface area (Å²) in [5.41, 5.74) is 2.33. The zero-order chi connectivity index (χ0) is 19.0. The molecule has 134 valence electrons. The molecule has 27 heavy (non-hydrogen) atoms. The molecule has 0 spiro atoms. The SMILES string of the molecule is CCOC1=CC(=O)C(=Nc2c3ccccc3nc3ccccc23)C(Br)C1=O. The maximum Gasteiger partial charge on any atom is 0.217 e. The predicted molar refractivity (Wildman–Crippen MR) is 109 cm³/mol. The highest BCUT2D eigenvalue weighted by Crippen LogP contribution is 2.34. The Morgan fingerprint density at radius 3 is 2.22 bits per heavy atom. The van der Waals surface area contributed by atoms with E-state index in [-0.39, 0.29) is 23.0 Å². The van der Waals surface area contributed by atoms with Crippen LogP contribution in [0.15, 0.2) is 65.4 Å². The Balaban J connectivity index is 1.97. The van der Waals surface area contributed by atoms with Crippen LogP contribution in [0.2, 0.25) is 0 Å². The normalized spacial score (nSPS) is 19.0. The molecule has 1 aliphatic rings. The van der Waals surface area contributed by atoms with Crippen LogP contribution in [-0.4, -0.2) is 33.7 Å². The average Bonchev–Trinajstić information content (AvgIpc) is 2.68. The van der Waals surface area contributed by atoms with E-state index in [2.05, 4.69) is 25.9 Å². The van der Waals surface area contributed by atoms with Gasteiger partial charge < -0.3 is 4.74 Å². The van der Waals surface area contributed by atoms with Crippen molar-refractivity contribution in [1.82, 2.24) is 4.98 Å². The first-order valence-corrected chi connectivity index (χ1v) is 9.45. The van der Waals surface area contributed by atoms with Crippen molar-refractivity contribution in [3.05, 3.63) is 60.4 Å². The molecule has 0 amide bonds. The van der Waals surface area contributed by atoms with Gasteiger partial charge in [-0.3, -0.25) is 9.59 Å². The number of nitrogens with zero attached hydrogens (tertiary/aromatic N) is 2. The van der Waals surface area contributed by atoms with E-state index in [9.17, 15) is 9.59 Å². The predicted octanol–water partition coefficient (Wildman–Crippen LogP) is 4.30. The van der Waals surface area contributed by atoms with Crippen LogP contribution in [0, 0.1) is 0 Å². The van der Waals surface area contributed by atoms with Crippen LogP contribution >= 0.6 is 15.9 Å². The number of hydrogen-bond donors (Lipinski definition) is 0. The fourth-order valence-corrected chi connectivity index (χ4v) is 3.63. The van der Waals surface area contributed by atoms with Crippen LogP contribution in [0.4, 0.5) is 5.69 Å². The number of fused-ring (bicyclic) bond motifs is 2. The third kappa shape index (κ3) is 3.06. The summed E-state index contributed by atoms with van der Waals surface area (Å²) in [7, 11) is 0. The molecule has 1 aromatic heterocycles. The minimum Gasteiger partial charge on any atom is -0.490 e. The molecule has 0 fully saturated rings. The van der Waals surface area contributed by atoms with Crippen molar-refractivity contribution >= 4 is 60.7 Å². The lowest BCUT2D eigenvalue weighted by molar-refractivity contribution is -0.119. The molecule has 1 atom stereocenters. The zero-order valence-corrected chi connectivity index (χ0v) is 16.1. The number of carbonyl (C=O) groups excluding carboxylic acids is 2. The van der Waals surface area contributed by atoms with E-state index in [4.69, 9.17) is 4.74 Å². The van der Waals surface area contributed by atoms with Gasteiger partial charge in [-0.05, 0) is 19.1 Å². The number of halogens is 1. The molecule has 1 heterocycles. The van der Waals surface area contributed by atoms with Gasteiger partial charge in [0.05, 0.1) is 23.3 Å². The Morgan fingerprint density at radius 1 is 1.04 bits per heavy atom. The van der Waals surface area contributed by atoms with E-state index in [0.29, 0.717) is 12.3 Å². The Hall–Kier alpha value is -2.86. The Morgan fingerprint density at radius 2 is 1.63 bits per heavy atom. The number of ketones is 2. The molecule has 3 aromatic rings. The first kappa shape index (κ1) is 17.5. The van der Waals surface area contributed by atoms with Crippen molar-refractivity contribution in [3.63, 3.8) is 0 Å². The number of ether oxygens (including phenoxy) is 1. The van der Waals surface area contributed by atoms with Gasteiger partial charge in [0.1, 0.15) is 10.5 Å². The summed E-state index contributed by atoms with van der Waals surface area (Å²) >= 11 is 3.32. The Kier molecular flexibility index (Phi) is 4.58. The Bertz CT molecular complexity index is 1100. The Labute approximate surface area is 163 Å². The van der Waals surface area contributed by atoms with E-state index in [0.717, 1.165) is 21.8 Å². The van der Waals surface area contributed by atoms with Gasteiger partial charge in [0.2, 0.25) is 11.6 Å². The second-order valence-electron chi connectivity index (χ2n) is 6.02. The van der Waals surface area contributed by atoms with Crippen molar-refractivity contribution in [1.29, 1.82) is 0 Å². The van der Waals surface area contributed by atoms with Crippen LogP contribution in [0.1, 0.15) is 6.92 Å². The average molecular weight is 423 g/mol. The zero-order valence-electron chi connectivity index (χ0n) is 14.5. The van der Waals surface area contributed by atoms with E-state index >= 15 is 0 Å². The van der Waals surface area contributed by atoms with Crippen LogP contribution in [0.3, 0.4) is 0 Å². The number of alkyl halides is 1. The van der Waals surface area contributed by atoms with E-state index in [1.807, 2.05) is 48.5 Å². The van der Waals surface area contributed by atoms with Gasteiger partial charge in [-0.1, -0.05) is 52.3 Å². The lowest BCUT2D eigenvalue weighted by atomic mass is 10.00. The summed E-state index contributed by atoms with van der Waals surface area (Å²) in [6.07, 6.45) is 1.22. The van der Waals surface area contributed by atoms with Crippen LogP contribution < -0.4 is 0 Å². The largest absolute Gasteiger partial charge is 0.490 e. The molecule has 0 saturated heterocycles. The maximum atomic E-state index is 12.6. The number of aromatic nitrogens is 1. The molecule has 5 nitrogen and oxygen atoms in total. The highest BCUT2D eigenvalue weighted by atomic mass is 79.9. The van der Waals surface area contributed by atoms with Crippen LogP contribution in [0.25, 0.3) is 21.8 Å². The maximum absolute atomic E-state index is 12.6. The summed E-state index contributed by atoms with van der Waals surface area (Å²) in [6, 6.07) is 15.2. The first-order valence-electron chi connectivity index (χ1n) is 8.53.